The molecule has 0 saturated heterocycles. The predicted octanol–water partition coefficient (Wildman–Crippen LogP) is 2.95. The van der Waals surface area contributed by atoms with E-state index in [0.717, 1.165) is 0 Å². The predicted molar refractivity (Wildman–Crippen MR) is 44.0 cm³/mol. The molecular weight excluding hydrogens is 139 g/mol. The summed E-state index contributed by atoms with van der Waals surface area (Å²) >= 11 is 0. The van der Waals surface area contributed by atoms with E-state index in [4.69, 9.17) is 0 Å². The van der Waals surface area contributed by atoms with E-state index in [2.05, 4.69) is 0 Å². The molecule has 0 aliphatic rings. The molecule has 0 spiro atoms. The molecule has 0 N–H and O–H groups in total. The lowest BCUT2D eigenvalue weighted by atomic mass is 10.4. The van der Waals surface area contributed by atoms with E-state index in [1.54, 1.807) is 24.3 Å². The first kappa shape index (κ1) is 7.73. The van der Waals surface area contributed by atoms with E-state index in [1.807, 2.05) is 18.2 Å². The quantitative estimate of drug-likeness (QED) is 0.530. The lowest BCUT2D eigenvalue weighted by Gasteiger charge is -1.76. The van der Waals surface area contributed by atoms with Gasteiger partial charge in [-0.2, -0.15) is 0 Å². The van der Waals surface area contributed by atoms with E-state index in [0.29, 0.717) is 0 Å². The molecule has 0 unspecified atom stereocenters. The number of rotatable bonds is 0. The Hall–Kier alpha value is -1.37. The molecule has 1 heteroatoms. The molecule has 0 aromatic heterocycles. The average molecular weight is 148 g/mol. The SMILES string of the molecule is Fc1ccccccccc1. The van der Waals surface area contributed by atoms with E-state index in [1.165, 1.54) is 12.1 Å². The van der Waals surface area contributed by atoms with Crippen LogP contribution in [0, 0.1) is 5.82 Å². The fourth-order valence-electron chi connectivity index (χ4n) is 0.671. The first-order chi connectivity index (χ1) is 5.39. The summed E-state index contributed by atoms with van der Waals surface area (Å²) in [7, 11) is 0. The van der Waals surface area contributed by atoms with Crippen molar-refractivity contribution >= 4 is 0 Å². The van der Waals surface area contributed by atoms with Crippen LogP contribution in [0.3, 0.4) is 0 Å². The van der Waals surface area contributed by atoms with Gasteiger partial charge in [-0.15, -0.1) is 0 Å². The molecule has 0 fully saturated rings. The first-order valence-corrected chi connectivity index (χ1v) is 3.43. The molecule has 11 heavy (non-hydrogen) atoms. The van der Waals surface area contributed by atoms with Crippen LogP contribution in [0.1, 0.15) is 0 Å². The molecule has 0 aliphatic carbocycles. The summed E-state index contributed by atoms with van der Waals surface area (Å²) in [6, 6.07) is 15.3. The highest BCUT2D eigenvalue weighted by atomic mass is 19.1. The van der Waals surface area contributed by atoms with Gasteiger partial charge in [0.25, 0.3) is 0 Å². The Kier molecular flexibility index (Phi) is 3.13. The molecule has 1 aromatic rings. The Morgan fingerprint density at radius 3 is 1.45 bits per heavy atom. The Labute approximate surface area is 65.6 Å². The minimum Gasteiger partial charge on any atom is -0.207 e. The van der Waals surface area contributed by atoms with E-state index < -0.39 is 0 Å². The van der Waals surface area contributed by atoms with Crippen LogP contribution in [-0.2, 0) is 0 Å². The van der Waals surface area contributed by atoms with Crippen LogP contribution in [0.25, 0.3) is 0 Å². The van der Waals surface area contributed by atoms with Crippen LogP contribution in [0.15, 0.2) is 54.6 Å². The smallest absolute Gasteiger partial charge is 0.123 e. The summed E-state index contributed by atoms with van der Waals surface area (Å²) in [5.74, 6) is -0.235. The molecule has 0 aliphatic heterocycles. The van der Waals surface area contributed by atoms with Crippen LogP contribution >= 0.6 is 0 Å². The van der Waals surface area contributed by atoms with Gasteiger partial charge in [0.2, 0.25) is 0 Å². The molecule has 0 radical (unpaired) electrons. The van der Waals surface area contributed by atoms with Crippen molar-refractivity contribution < 1.29 is 4.39 Å². The second-order valence-electron chi connectivity index (χ2n) is 2.07. The van der Waals surface area contributed by atoms with Gasteiger partial charge in [0.1, 0.15) is 5.82 Å². The molecular formula is C10H9F. The summed E-state index contributed by atoms with van der Waals surface area (Å²) in [5, 5.41) is 0. The maximum absolute atomic E-state index is 12.6. The summed E-state index contributed by atoms with van der Waals surface area (Å²) in [5.41, 5.74) is 0. The highest BCUT2D eigenvalue weighted by Crippen LogP contribution is 1.89. The zero-order chi connectivity index (χ0) is 7.94. The third-order valence-corrected chi connectivity index (χ3v) is 1.18. The van der Waals surface area contributed by atoms with Crippen LogP contribution < -0.4 is 0 Å². The lowest BCUT2D eigenvalue weighted by molar-refractivity contribution is 0.629. The molecule has 0 saturated carbocycles. The van der Waals surface area contributed by atoms with Crippen LogP contribution in [0.2, 0.25) is 0 Å². The Morgan fingerprint density at radius 1 is 0.636 bits per heavy atom. The maximum Gasteiger partial charge on any atom is 0.123 e. The summed E-state index contributed by atoms with van der Waals surface area (Å²) in [6.07, 6.45) is 0. The largest absolute Gasteiger partial charge is 0.207 e. The van der Waals surface area contributed by atoms with Gasteiger partial charge in [0, 0.05) is 0 Å². The van der Waals surface area contributed by atoms with Crippen LogP contribution in [0.5, 0.6) is 0 Å². The third kappa shape index (κ3) is 3.36. The molecule has 56 valence electrons. The molecule has 0 nitrogen and oxygen atoms in total. The van der Waals surface area contributed by atoms with Crippen LogP contribution in [0.4, 0.5) is 4.39 Å². The van der Waals surface area contributed by atoms with Crippen molar-refractivity contribution in [2.75, 3.05) is 0 Å². The minimum absolute atomic E-state index is 0.235. The van der Waals surface area contributed by atoms with Gasteiger partial charge in [0.15, 0.2) is 0 Å². The van der Waals surface area contributed by atoms with Crippen molar-refractivity contribution in [3.8, 4) is 0 Å². The van der Waals surface area contributed by atoms with Gasteiger partial charge < -0.3 is 0 Å². The number of hydrogen-bond acceptors (Lipinski definition) is 0. The van der Waals surface area contributed by atoms with Crippen molar-refractivity contribution in [1.29, 1.82) is 0 Å². The summed E-state index contributed by atoms with van der Waals surface area (Å²) < 4.78 is 12.6. The minimum atomic E-state index is -0.235. The topological polar surface area (TPSA) is 0 Å². The van der Waals surface area contributed by atoms with Crippen molar-refractivity contribution in [3.05, 3.63) is 60.4 Å². The van der Waals surface area contributed by atoms with Crippen LogP contribution in [-0.4, -0.2) is 0 Å². The van der Waals surface area contributed by atoms with Gasteiger partial charge >= 0.3 is 0 Å². The van der Waals surface area contributed by atoms with E-state index in [9.17, 15) is 4.39 Å². The first-order valence-electron chi connectivity index (χ1n) is 3.43. The van der Waals surface area contributed by atoms with Crippen molar-refractivity contribution in [3.63, 3.8) is 0 Å². The fourth-order valence-corrected chi connectivity index (χ4v) is 0.671. The van der Waals surface area contributed by atoms with E-state index >= 15 is 0 Å². The van der Waals surface area contributed by atoms with Gasteiger partial charge in [-0.25, -0.2) is 4.39 Å². The highest BCUT2D eigenvalue weighted by molar-refractivity contribution is 5.01. The fraction of sp³-hybridized carbons (Fsp3) is 0. The van der Waals surface area contributed by atoms with Gasteiger partial charge in [-0.3, -0.25) is 0 Å². The van der Waals surface area contributed by atoms with Gasteiger partial charge in [-0.1, -0.05) is 42.5 Å². The zero-order valence-corrected chi connectivity index (χ0v) is 6.07. The average Bonchev–Trinajstić information content (AvgIpc) is 2.03. The van der Waals surface area contributed by atoms with Gasteiger partial charge in [-0.05, 0) is 12.1 Å². The summed E-state index contributed by atoms with van der Waals surface area (Å²) in [4.78, 5) is 0. The maximum atomic E-state index is 12.6. The van der Waals surface area contributed by atoms with Crippen molar-refractivity contribution in [1.82, 2.24) is 0 Å². The normalized spacial score (nSPS) is 8.45. The Balaban J connectivity index is 3.11. The molecule has 0 atom stereocenters. The second kappa shape index (κ2) is 4.45. The third-order valence-electron chi connectivity index (χ3n) is 1.18. The van der Waals surface area contributed by atoms with Crippen molar-refractivity contribution in [2.45, 2.75) is 0 Å². The van der Waals surface area contributed by atoms with Gasteiger partial charge in [0.05, 0.1) is 0 Å². The molecule has 0 amide bonds. The Bertz CT molecular complexity index is 242. The molecule has 0 bridgehead atoms. The Morgan fingerprint density at radius 2 is 1.00 bits per heavy atom. The lowest BCUT2D eigenvalue weighted by Crippen LogP contribution is -1.61. The number of halogens is 1. The monoisotopic (exact) mass is 148 g/mol. The molecule has 0 heterocycles. The van der Waals surface area contributed by atoms with Crippen molar-refractivity contribution in [2.24, 2.45) is 0 Å². The zero-order valence-electron chi connectivity index (χ0n) is 6.07. The summed E-state index contributed by atoms with van der Waals surface area (Å²) in [6.45, 7) is 0. The molecule has 1 rings (SSSR count). The standard InChI is InChI=1S/C10H9F/c11-10-8-6-4-2-1-3-5-7-9-10/h1-9H. The second-order valence-corrected chi connectivity index (χ2v) is 2.07. The molecule has 1 aromatic carbocycles. The highest BCUT2D eigenvalue weighted by Gasteiger charge is 1.74. The van der Waals surface area contributed by atoms with E-state index in [-0.39, 0.29) is 5.82 Å². The number of hydrogen-bond donors (Lipinski definition) is 0.